The summed E-state index contributed by atoms with van der Waals surface area (Å²) in [5.74, 6) is 0.638. The Morgan fingerprint density at radius 2 is 2.10 bits per heavy atom. The first-order valence-corrected chi connectivity index (χ1v) is 9.64. The topological polar surface area (TPSA) is 89.6 Å². The van der Waals surface area contributed by atoms with Gasteiger partial charge in [-0.1, -0.05) is 18.2 Å². The van der Waals surface area contributed by atoms with E-state index in [4.69, 9.17) is 9.15 Å². The lowest BCUT2D eigenvalue weighted by Crippen LogP contribution is -2.41. The Labute approximate surface area is 168 Å². The number of aryl methyl sites for hydroxylation is 1. The van der Waals surface area contributed by atoms with E-state index in [1.54, 1.807) is 18.2 Å². The number of benzene rings is 1. The molecule has 0 fully saturated rings. The van der Waals surface area contributed by atoms with Crippen molar-refractivity contribution in [1.82, 2.24) is 19.8 Å². The Hall–Kier alpha value is -3.13. The van der Waals surface area contributed by atoms with Crippen molar-refractivity contribution in [3.05, 3.63) is 53.3 Å². The van der Waals surface area contributed by atoms with Gasteiger partial charge in [-0.05, 0) is 19.9 Å². The van der Waals surface area contributed by atoms with Gasteiger partial charge in [0.1, 0.15) is 17.1 Å². The van der Waals surface area contributed by atoms with E-state index < -0.39 is 0 Å². The molecule has 1 aliphatic rings. The molecule has 1 atom stereocenters. The molecule has 1 aliphatic heterocycles. The van der Waals surface area contributed by atoms with Crippen LogP contribution in [-0.4, -0.2) is 53.1 Å². The van der Waals surface area contributed by atoms with Gasteiger partial charge in [0.05, 0.1) is 12.6 Å². The van der Waals surface area contributed by atoms with Crippen LogP contribution in [-0.2, 0) is 11.3 Å². The Morgan fingerprint density at radius 3 is 2.86 bits per heavy atom. The standard InChI is InChI=1S/C21H24N4O4/c1-13-15-6-4-5-7-17(15)29-18(13)21(27)25-10-9-24-12-16(23-19(24)14(25)2)20(26)22-8-11-28-3/h4-7,12,14H,8-11H2,1-3H3,(H,22,26). The summed E-state index contributed by atoms with van der Waals surface area (Å²) < 4.78 is 12.7. The predicted molar refractivity (Wildman–Crippen MR) is 107 cm³/mol. The summed E-state index contributed by atoms with van der Waals surface area (Å²) in [7, 11) is 1.58. The number of imidazole rings is 1. The molecule has 152 valence electrons. The van der Waals surface area contributed by atoms with Gasteiger partial charge in [0.25, 0.3) is 11.8 Å². The van der Waals surface area contributed by atoms with Gasteiger partial charge >= 0.3 is 0 Å². The highest BCUT2D eigenvalue weighted by molar-refractivity contribution is 5.99. The zero-order chi connectivity index (χ0) is 20.5. The van der Waals surface area contributed by atoms with E-state index in [1.165, 1.54) is 0 Å². The number of furan rings is 1. The summed E-state index contributed by atoms with van der Waals surface area (Å²) in [5, 5.41) is 3.71. The van der Waals surface area contributed by atoms with E-state index in [1.807, 2.05) is 42.7 Å². The Kier molecular flexibility index (Phi) is 5.10. The highest BCUT2D eigenvalue weighted by atomic mass is 16.5. The minimum absolute atomic E-state index is 0.161. The van der Waals surface area contributed by atoms with Gasteiger partial charge in [-0.15, -0.1) is 0 Å². The van der Waals surface area contributed by atoms with Crippen molar-refractivity contribution >= 4 is 22.8 Å². The molecule has 0 aliphatic carbocycles. The molecule has 29 heavy (non-hydrogen) atoms. The maximum atomic E-state index is 13.2. The number of nitrogens with one attached hydrogen (secondary N) is 1. The molecule has 3 aromatic rings. The Morgan fingerprint density at radius 1 is 1.31 bits per heavy atom. The quantitative estimate of drug-likeness (QED) is 0.670. The number of ether oxygens (including phenoxy) is 1. The second-order valence-electron chi connectivity index (χ2n) is 7.15. The molecule has 2 aromatic heterocycles. The third-order valence-corrected chi connectivity index (χ3v) is 5.35. The number of carbonyl (C=O) groups is 2. The van der Waals surface area contributed by atoms with Gasteiger partial charge in [-0.2, -0.15) is 0 Å². The smallest absolute Gasteiger partial charge is 0.290 e. The highest BCUT2D eigenvalue weighted by Crippen LogP contribution is 2.30. The minimum Gasteiger partial charge on any atom is -0.451 e. The summed E-state index contributed by atoms with van der Waals surface area (Å²) in [4.78, 5) is 31.8. The van der Waals surface area contributed by atoms with Crippen LogP contribution >= 0.6 is 0 Å². The van der Waals surface area contributed by atoms with Crippen LogP contribution in [0.5, 0.6) is 0 Å². The second kappa shape index (κ2) is 7.71. The first-order chi connectivity index (χ1) is 14.0. The van der Waals surface area contributed by atoms with Crippen LogP contribution in [0.2, 0.25) is 0 Å². The average Bonchev–Trinajstić information content (AvgIpc) is 3.30. The van der Waals surface area contributed by atoms with Gasteiger partial charge in [-0.3, -0.25) is 9.59 Å². The van der Waals surface area contributed by atoms with Crippen LogP contribution < -0.4 is 5.32 Å². The summed E-state index contributed by atoms with van der Waals surface area (Å²) >= 11 is 0. The van der Waals surface area contributed by atoms with Crippen LogP contribution in [0.15, 0.2) is 34.9 Å². The number of hydrogen-bond donors (Lipinski definition) is 1. The van der Waals surface area contributed by atoms with E-state index in [-0.39, 0.29) is 17.9 Å². The molecule has 2 amide bonds. The molecule has 0 saturated carbocycles. The van der Waals surface area contributed by atoms with Gasteiger partial charge in [0.2, 0.25) is 0 Å². The van der Waals surface area contributed by atoms with E-state index in [2.05, 4.69) is 10.3 Å². The lowest BCUT2D eigenvalue weighted by molar-refractivity contribution is 0.0606. The zero-order valence-corrected chi connectivity index (χ0v) is 16.8. The normalized spacial score (nSPS) is 16.1. The maximum Gasteiger partial charge on any atom is 0.290 e. The molecular formula is C21H24N4O4. The number of amides is 2. The van der Waals surface area contributed by atoms with Gasteiger partial charge < -0.3 is 23.9 Å². The largest absolute Gasteiger partial charge is 0.451 e. The molecular weight excluding hydrogens is 372 g/mol. The number of nitrogens with zero attached hydrogens (tertiary/aromatic N) is 3. The van der Waals surface area contributed by atoms with Crippen LogP contribution in [0, 0.1) is 6.92 Å². The number of aromatic nitrogens is 2. The third-order valence-electron chi connectivity index (χ3n) is 5.35. The molecule has 3 heterocycles. The number of carbonyl (C=O) groups excluding carboxylic acids is 2. The highest BCUT2D eigenvalue weighted by Gasteiger charge is 2.33. The summed E-state index contributed by atoms with van der Waals surface area (Å²) in [6.45, 7) is 5.77. The lowest BCUT2D eigenvalue weighted by atomic mass is 10.1. The SMILES string of the molecule is COCCNC(=O)c1cn2c(n1)C(C)N(C(=O)c1oc3ccccc3c1C)CC2. The number of rotatable bonds is 5. The van der Waals surface area contributed by atoms with Gasteiger partial charge in [-0.25, -0.2) is 4.98 Å². The molecule has 1 N–H and O–H groups in total. The van der Waals surface area contributed by atoms with Crippen molar-refractivity contribution < 1.29 is 18.7 Å². The molecule has 1 aromatic carbocycles. The number of hydrogen-bond acceptors (Lipinski definition) is 5. The van der Waals surface area contributed by atoms with Crippen molar-refractivity contribution in [1.29, 1.82) is 0 Å². The Bertz CT molecular complexity index is 1070. The van der Waals surface area contributed by atoms with E-state index in [0.717, 1.165) is 10.9 Å². The third kappa shape index (κ3) is 3.40. The van der Waals surface area contributed by atoms with Gasteiger partial charge in [0, 0.05) is 43.9 Å². The predicted octanol–water partition coefficient (Wildman–Crippen LogP) is 2.53. The van der Waals surface area contributed by atoms with E-state index in [0.29, 0.717) is 49.1 Å². The molecule has 8 nitrogen and oxygen atoms in total. The summed E-state index contributed by atoms with van der Waals surface area (Å²) in [6, 6.07) is 7.35. The average molecular weight is 396 g/mol. The molecule has 0 saturated heterocycles. The van der Waals surface area contributed by atoms with Crippen molar-refractivity contribution in [2.45, 2.75) is 26.4 Å². The molecule has 0 radical (unpaired) electrons. The van der Waals surface area contributed by atoms with Crippen LogP contribution in [0.3, 0.4) is 0 Å². The molecule has 0 spiro atoms. The number of para-hydroxylation sites is 1. The molecule has 1 unspecified atom stereocenters. The van der Waals surface area contributed by atoms with Crippen molar-refractivity contribution in [2.75, 3.05) is 26.8 Å². The first kappa shape index (κ1) is 19.2. The van der Waals surface area contributed by atoms with Crippen molar-refractivity contribution in [3.63, 3.8) is 0 Å². The number of methoxy groups -OCH3 is 1. The first-order valence-electron chi connectivity index (χ1n) is 9.64. The summed E-state index contributed by atoms with van der Waals surface area (Å²) in [5.41, 5.74) is 1.89. The van der Waals surface area contributed by atoms with Crippen LogP contribution in [0.1, 0.15) is 45.4 Å². The lowest BCUT2D eigenvalue weighted by Gasteiger charge is -2.33. The van der Waals surface area contributed by atoms with Crippen molar-refractivity contribution in [3.8, 4) is 0 Å². The minimum atomic E-state index is -0.274. The Balaban J connectivity index is 1.56. The summed E-state index contributed by atoms with van der Waals surface area (Å²) in [6.07, 6.45) is 1.74. The number of fused-ring (bicyclic) bond motifs is 2. The maximum absolute atomic E-state index is 13.2. The van der Waals surface area contributed by atoms with Gasteiger partial charge in [0.15, 0.2) is 5.76 Å². The monoisotopic (exact) mass is 396 g/mol. The van der Waals surface area contributed by atoms with E-state index >= 15 is 0 Å². The molecule has 8 heteroatoms. The van der Waals surface area contributed by atoms with Crippen LogP contribution in [0.25, 0.3) is 11.0 Å². The second-order valence-corrected chi connectivity index (χ2v) is 7.15. The fraction of sp³-hybridized carbons (Fsp3) is 0.381. The fourth-order valence-corrected chi connectivity index (χ4v) is 3.74. The fourth-order valence-electron chi connectivity index (χ4n) is 3.74. The van der Waals surface area contributed by atoms with E-state index in [9.17, 15) is 9.59 Å². The van der Waals surface area contributed by atoms with Crippen LogP contribution in [0.4, 0.5) is 0 Å². The molecule has 4 rings (SSSR count). The molecule has 0 bridgehead atoms. The van der Waals surface area contributed by atoms with Crippen molar-refractivity contribution in [2.24, 2.45) is 0 Å². The zero-order valence-electron chi connectivity index (χ0n) is 16.8.